The standard InChI is InChI=1S/C24H27N5O5/c1-24(2,30)15-4-5-18(20(7-15)34-17-10-32-11-17)27-23-26-9-14-6-16(8-25)29(22(14)28-23)19-12-33-13-21(19)31-3/h4-7,9,17,19,21,30H,10-13H2,1-3H3,(H,26,27,28). The third kappa shape index (κ3) is 4.19. The summed E-state index contributed by atoms with van der Waals surface area (Å²) in [5, 5.41) is 24.2. The maximum Gasteiger partial charge on any atom is 0.229 e. The van der Waals surface area contributed by atoms with E-state index in [0.717, 1.165) is 10.9 Å². The van der Waals surface area contributed by atoms with Gasteiger partial charge in [0, 0.05) is 18.7 Å². The monoisotopic (exact) mass is 465 g/mol. The highest BCUT2D eigenvalue weighted by atomic mass is 16.6. The molecule has 2 unspecified atom stereocenters. The fourth-order valence-corrected chi connectivity index (χ4v) is 4.16. The van der Waals surface area contributed by atoms with Gasteiger partial charge in [-0.25, -0.2) is 4.98 Å². The van der Waals surface area contributed by atoms with Gasteiger partial charge in [0.15, 0.2) is 0 Å². The van der Waals surface area contributed by atoms with E-state index in [9.17, 15) is 10.4 Å². The number of anilines is 2. The summed E-state index contributed by atoms with van der Waals surface area (Å²) in [4.78, 5) is 9.17. The van der Waals surface area contributed by atoms with E-state index in [-0.39, 0.29) is 18.2 Å². The molecule has 0 amide bonds. The first-order valence-corrected chi connectivity index (χ1v) is 11.1. The van der Waals surface area contributed by atoms with Crippen molar-refractivity contribution >= 4 is 22.7 Å². The molecule has 1 aromatic carbocycles. The summed E-state index contributed by atoms with van der Waals surface area (Å²) in [7, 11) is 1.64. The molecule has 2 atom stereocenters. The highest BCUT2D eigenvalue weighted by molar-refractivity contribution is 5.80. The Kier molecular flexibility index (Phi) is 5.87. The van der Waals surface area contributed by atoms with E-state index in [2.05, 4.69) is 16.4 Å². The van der Waals surface area contributed by atoms with Crippen molar-refractivity contribution in [3.63, 3.8) is 0 Å². The van der Waals surface area contributed by atoms with E-state index in [1.165, 1.54) is 0 Å². The molecule has 4 heterocycles. The van der Waals surface area contributed by atoms with Gasteiger partial charge in [-0.2, -0.15) is 10.2 Å². The first-order chi connectivity index (χ1) is 16.4. The molecule has 5 rings (SSSR count). The Morgan fingerprint density at radius 3 is 2.68 bits per heavy atom. The Bertz CT molecular complexity index is 1240. The number of aliphatic hydroxyl groups is 1. The summed E-state index contributed by atoms with van der Waals surface area (Å²) >= 11 is 0. The van der Waals surface area contributed by atoms with Gasteiger partial charge in [-0.05, 0) is 37.6 Å². The van der Waals surface area contributed by atoms with Crippen LogP contribution in [0.5, 0.6) is 5.75 Å². The van der Waals surface area contributed by atoms with Crippen molar-refractivity contribution in [1.29, 1.82) is 5.26 Å². The molecule has 2 fully saturated rings. The maximum atomic E-state index is 10.4. The molecule has 0 spiro atoms. The lowest BCUT2D eigenvalue weighted by molar-refractivity contribution is -0.0795. The summed E-state index contributed by atoms with van der Waals surface area (Å²) < 4.78 is 24.4. The van der Waals surface area contributed by atoms with Crippen LogP contribution in [0, 0.1) is 11.3 Å². The van der Waals surface area contributed by atoms with E-state index < -0.39 is 5.60 Å². The van der Waals surface area contributed by atoms with Gasteiger partial charge < -0.3 is 33.9 Å². The molecule has 10 heteroatoms. The van der Waals surface area contributed by atoms with Crippen LogP contribution in [0.15, 0.2) is 30.5 Å². The van der Waals surface area contributed by atoms with Gasteiger partial charge in [0.1, 0.15) is 35.4 Å². The fraction of sp³-hybridized carbons (Fsp3) is 0.458. The minimum Gasteiger partial charge on any atom is -0.483 e. The predicted molar refractivity (Wildman–Crippen MR) is 123 cm³/mol. The largest absolute Gasteiger partial charge is 0.483 e. The van der Waals surface area contributed by atoms with Crippen LogP contribution >= 0.6 is 0 Å². The van der Waals surface area contributed by atoms with Crippen LogP contribution in [-0.4, -0.2) is 65.4 Å². The number of ether oxygens (including phenoxy) is 4. The second kappa shape index (κ2) is 8.85. The molecule has 10 nitrogen and oxygen atoms in total. The molecule has 0 bridgehead atoms. The highest BCUT2D eigenvalue weighted by Crippen LogP contribution is 2.34. The Morgan fingerprint density at radius 1 is 1.21 bits per heavy atom. The van der Waals surface area contributed by atoms with E-state index in [0.29, 0.717) is 55.2 Å². The molecule has 34 heavy (non-hydrogen) atoms. The molecule has 3 aromatic rings. The van der Waals surface area contributed by atoms with Crippen LogP contribution in [0.25, 0.3) is 11.0 Å². The van der Waals surface area contributed by atoms with E-state index in [1.54, 1.807) is 33.2 Å². The van der Waals surface area contributed by atoms with Crippen LogP contribution in [0.3, 0.4) is 0 Å². The van der Waals surface area contributed by atoms with Crippen molar-refractivity contribution in [1.82, 2.24) is 14.5 Å². The van der Waals surface area contributed by atoms with Gasteiger partial charge in [0.25, 0.3) is 0 Å². The predicted octanol–water partition coefficient (Wildman–Crippen LogP) is 2.64. The fourth-order valence-electron chi connectivity index (χ4n) is 4.16. The van der Waals surface area contributed by atoms with Gasteiger partial charge in [0.05, 0.1) is 43.8 Å². The number of nitriles is 1. The normalized spacial score (nSPS) is 20.8. The highest BCUT2D eigenvalue weighted by Gasteiger charge is 2.33. The molecule has 0 aliphatic carbocycles. The molecule has 2 aliphatic heterocycles. The number of hydrogen-bond donors (Lipinski definition) is 2. The first-order valence-electron chi connectivity index (χ1n) is 11.1. The third-order valence-electron chi connectivity index (χ3n) is 6.16. The number of nitrogens with zero attached hydrogens (tertiary/aromatic N) is 4. The van der Waals surface area contributed by atoms with Crippen LogP contribution in [0.4, 0.5) is 11.6 Å². The number of rotatable bonds is 7. The average Bonchev–Trinajstić information content (AvgIpc) is 3.39. The van der Waals surface area contributed by atoms with Crippen molar-refractivity contribution in [2.24, 2.45) is 0 Å². The summed E-state index contributed by atoms with van der Waals surface area (Å²) in [6.45, 7) is 5.38. The summed E-state index contributed by atoms with van der Waals surface area (Å²) in [6.07, 6.45) is 1.46. The zero-order chi connectivity index (χ0) is 23.9. The molecule has 2 saturated heterocycles. The summed E-state index contributed by atoms with van der Waals surface area (Å²) in [5.74, 6) is 0.934. The Hall–Kier alpha value is -3.23. The van der Waals surface area contributed by atoms with Gasteiger partial charge in [-0.15, -0.1) is 0 Å². The lowest BCUT2D eigenvalue weighted by atomic mass is 9.98. The molecule has 0 radical (unpaired) electrons. The van der Waals surface area contributed by atoms with Gasteiger partial charge in [-0.1, -0.05) is 6.07 Å². The Balaban J connectivity index is 1.52. The zero-order valence-corrected chi connectivity index (χ0v) is 19.3. The number of methoxy groups -OCH3 is 1. The quantitative estimate of drug-likeness (QED) is 0.542. The third-order valence-corrected chi connectivity index (χ3v) is 6.16. The number of aromatic nitrogens is 3. The molecule has 178 valence electrons. The van der Waals surface area contributed by atoms with Gasteiger partial charge in [-0.3, -0.25) is 0 Å². The van der Waals surface area contributed by atoms with Crippen molar-refractivity contribution < 1.29 is 24.1 Å². The van der Waals surface area contributed by atoms with Crippen molar-refractivity contribution in [2.75, 3.05) is 38.9 Å². The Labute approximate surface area is 197 Å². The molecule has 2 N–H and O–H groups in total. The van der Waals surface area contributed by atoms with Gasteiger partial charge >= 0.3 is 0 Å². The second-order valence-corrected chi connectivity index (χ2v) is 9.04. The summed E-state index contributed by atoms with van der Waals surface area (Å²) in [5.41, 5.74) is 1.47. The number of fused-ring (bicyclic) bond motifs is 1. The second-order valence-electron chi connectivity index (χ2n) is 9.04. The topological polar surface area (TPSA) is 124 Å². The minimum atomic E-state index is -1.02. The van der Waals surface area contributed by atoms with E-state index in [1.807, 2.05) is 22.8 Å². The molecular formula is C24H27N5O5. The number of hydrogen-bond acceptors (Lipinski definition) is 9. The molecule has 2 aliphatic rings. The van der Waals surface area contributed by atoms with Crippen molar-refractivity contribution in [3.8, 4) is 11.8 Å². The van der Waals surface area contributed by atoms with Crippen molar-refractivity contribution in [3.05, 3.63) is 41.7 Å². The van der Waals surface area contributed by atoms with Crippen LogP contribution in [-0.2, 0) is 19.8 Å². The lowest BCUT2D eigenvalue weighted by Gasteiger charge is -2.29. The lowest BCUT2D eigenvalue weighted by Crippen LogP contribution is -2.38. The first kappa shape index (κ1) is 22.6. The maximum absolute atomic E-state index is 10.4. The van der Waals surface area contributed by atoms with Crippen LogP contribution in [0.2, 0.25) is 0 Å². The number of nitrogens with one attached hydrogen (secondary N) is 1. The van der Waals surface area contributed by atoms with E-state index >= 15 is 0 Å². The van der Waals surface area contributed by atoms with E-state index in [4.69, 9.17) is 23.9 Å². The zero-order valence-electron chi connectivity index (χ0n) is 19.3. The average molecular weight is 466 g/mol. The Morgan fingerprint density at radius 2 is 2.00 bits per heavy atom. The minimum absolute atomic E-state index is 0.0511. The van der Waals surface area contributed by atoms with Gasteiger partial charge in [0.2, 0.25) is 5.95 Å². The van der Waals surface area contributed by atoms with Crippen LogP contribution in [0.1, 0.15) is 31.1 Å². The smallest absolute Gasteiger partial charge is 0.229 e. The SMILES string of the molecule is COC1COCC1n1c(C#N)cc2cnc(Nc3ccc(C(C)(C)O)cc3OC3COC3)nc21. The molecule has 0 saturated carbocycles. The molecular weight excluding hydrogens is 438 g/mol. The summed E-state index contributed by atoms with van der Waals surface area (Å²) in [6, 6.07) is 9.34. The number of benzene rings is 1. The van der Waals surface area contributed by atoms with Crippen LogP contribution < -0.4 is 10.1 Å². The molecule has 2 aromatic heterocycles. The van der Waals surface area contributed by atoms with Crippen molar-refractivity contribution in [2.45, 2.75) is 37.7 Å².